The fourth-order valence-corrected chi connectivity index (χ4v) is 1.64. The van der Waals surface area contributed by atoms with Crippen molar-refractivity contribution in [3.63, 3.8) is 0 Å². The third-order valence-corrected chi connectivity index (χ3v) is 2.89. The van der Waals surface area contributed by atoms with Gasteiger partial charge in [0.1, 0.15) is 5.82 Å². The normalized spacial score (nSPS) is 15.8. The average Bonchev–Trinajstić information content (AvgIpc) is 2.33. The second-order valence-corrected chi connectivity index (χ2v) is 5.99. The number of nitrogens with one attached hydrogen (secondary N) is 1. The molecule has 0 saturated heterocycles. The first-order valence-electron chi connectivity index (χ1n) is 6.72. The SMILES string of the molecule is CC(OC(CNC(C)(C)C)c1ccc(F)cc1)C(F)(F)F. The lowest BCUT2D eigenvalue weighted by Crippen LogP contribution is -2.41. The first kappa shape index (κ1) is 17.9. The van der Waals surface area contributed by atoms with Crippen molar-refractivity contribution in [1.82, 2.24) is 5.32 Å². The van der Waals surface area contributed by atoms with Crippen LogP contribution in [0.2, 0.25) is 0 Å². The zero-order chi connectivity index (χ0) is 16.3. The lowest BCUT2D eigenvalue weighted by molar-refractivity contribution is -0.227. The number of ether oxygens (including phenoxy) is 1. The molecule has 1 aromatic carbocycles. The molecule has 21 heavy (non-hydrogen) atoms. The standard InChI is InChI=1S/C15H21F4NO/c1-10(15(17,18)19)21-13(9-20-14(2,3)4)11-5-7-12(16)8-6-11/h5-8,10,13,20H,9H2,1-4H3. The fourth-order valence-electron chi connectivity index (χ4n) is 1.64. The molecule has 1 aromatic rings. The Hall–Kier alpha value is -1.14. The lowest BCUT2D eigenvalue weighted by atomic mass is 10.1. The van der Waals surface area contributed by atoms with Crippen molar-refractivity contribution in [2.75, 3.05) is 6.54 Å². The van der Waals surface area contributed by atoms with E-state index in [1.165, 1.54) is 24.3 Å². The van der Waals surface area contributed by atoms with Gasteiger partial charge in [-0.2, -0.15) is 13.2 Å². The Morgan fingerprint density at radius 3 is 2.05 bits per heavy atom. The zero-order valence-corrected chi connectivity index (χ0v) is 12.6. The van der Waals surface area contributed by atoms with E-state index in [0.29, 0.717) is 5.56 Å². The number of rotatable bonds is 5. The van der Waals surface area contributed by atoms with Gasteiger partial charge in [0, 0.05) is 12.1 Å². The topological polar surface area (TPSA) is 21.3 Å². The lowest BCUT2D eigenvalue weighted by Gasteiger charge is -2.28. The molecule has 0 spiro atoms. The molecular weight excluding hydrogens is 286 g/mol. The molecule has 0 heterocycles. The summed E-state index contributed by atoms with van der Waals surface area (Å²) in [7, 11) is 0. The molecule has 2 unspecified atom stereocenters. The van der Waals surface area contributed by atoms with Crippen molar-refractivity contribution in [2.24, 2.45) is 0 Å². The van der Waals surface area contributed by atoms with Crippen LogP contribution in [0.25, 0.3) is 0 Å². The van der Waals surface area contributed by atoms with Gasteiger partial charge in [-0.15, -0.1) is 0 Å². The first-order valence-corrected chi connectivity index (χ1v) is 6.72. The van der Waals surface area contributed by atoms with Gasteiger partial charge < -0.3 is 10.1 Å². The summed E-state index contributed by atoms with van der Waals surface area (Å²) in [6, 6.07) is 5.29. The molecule has 1 rings (SSSR count). The van der Waals surface area contributed by atoms with Gasteiger partial charge in [-0.3, -0.25) is 0 Å². The molecule has 2 nitrogen and oxygen atoms in total. The molecule has 0 aromatic heterocycles. The van der Waals surface area contributed by atoms with E-state index in [-0.39, 0.29) is 12.1 Å². The highest BCUT2D eigenvalue weighted by molar-refractivity contribution is 5.19. The Balaban J connectivity index is 2.86. The van der Waals surface area contributed by atoms with E-state index in [1.54, 1.807) is 0 Å². The van der Waals surface area contributed by atoms with Crippen molar-refractivity contribution >= 4 is 0 Å². The van der Waals surface area contributed by atoms with Crippen LogP contribution in [0.5, 0.6) is 0 Å². The summed E-state index contributed by atoms with van der Waals surface area (Å²) in [6.07, 6.45) is -7.13. The van der Waals surface area contributed by atoms with E-state index in [4.69, 9.17) is 4.74 Å². The van der Waals surface area contributed by atoms with Gasteiger partial charge in [0.05, 0.1) is 6.10 Å². The quantitative estimate of drug-likeness (QED) is 0.822. The van der Waals surface area contributed by atoms with E-state index in [0.717, 1.165) is 6.92 Å². The summed E-state index contributed by atoms with van der Waals surface area (Å²) in [5.74, 6) is -0.440. The molecule has 0 aliphatic carbocycles. The number of alkyl halides is 3. The highest BCUT2D eigenvalue weighted by atomic mass is 19.4. The van der Waals surface area contributed by atoms with Crippen LogP contribution in [-0.4, -0.2) is 24.4 Å². The first-order chi connectivity index (χ1) is 9.49. The van der Waals surface area contributed by atoms with Crippen molar-refractivity contribution < 1.29 is 22.3 Å². The molecule has 1 N–H and O–H groups in total. The van der Waals surface area contributed by atoms with Crippen molar-refractivity contribution in [1.29, 1.82) is 0 Å². The minimum atomic E-state index is -4.43. The van der Waals surface area contributed by atoms with Crippen molar-refractivity contribution in [3.05, 3.63) is 35.6 Å². The molecule has 0 aliphatic heterocycles. The predicted molar refractivity (Wildman–Crippen MR) is 73.5 cm³/mol. The van der Waals surface area contributed by atoms with Gasteiger partial charge in [-0.25, -0.2) is 4.39 Å². The summed E-state index contributed by atoms with van der Waals surface area (Å²) in [6.45, 7) is 6.88. The monoisotopic (exact) mass is 307 g/mol. The molecule has 0 aliphatic rings. The Morgan fingerprint density at radius 1 is 1.10 bits per heavy atom. The van der Waals surface area contributed by atoms with Crippen LogP contribution in [0.1, 0.15) is 39.4 Å². The van der Waals surface area contributed by atoms with E-state index >= 15 is 0 Å². The third-order valence-electron chi connectivity index (χ3n) is 2.89. The Morgan fingerprint density at radius 2 is 1.62 bits per heavy atom. The zero-order valence-electron chi connectivity index (χ0n) is 12.6. The summed E-state index contributed by atoms with van der Waals surface area (Å²) >= 11 is 0. The van der Waals surface area contributed by atoms with Crippen molar-refractivity contribution in [2.45, 2.75) is 51.6 Å². The van der Waals surface area contributed by atoms with E-state index in [1.807, 2.05) is 20.8 Å². The minimum Gasteiger partial charge on any atom is -0.360 e. The van der Waals surface area contributed by atoms with Crippen LogP contribution < -0.4 is 5.32 Å². The second-order valence-electron chi connectivity index (χ2n) is 5.99. The van der Waals surface area contributed by atoms with Gasteiger partial charge >= 0.3 is 6.18 Å². The number of halogens is 4. The Bertz CT molecular complexity index is 436. The number of hydrogen-bond donors (Lipinski definition) is 1. The molecule has 0 bridgehead atoms. The van der Waals surface area contributed by atoms with Gasteiger partial charge in [0.15, 0.2) is 6.10 Å². The summed E-state index contributed by atoms with van der Waals surface area (Å²) < 4.78 is 56.0. The Labute approximate surface area is 122 Å². The molecule has 0 fully saturated rings. The van der Waals surface area contributed by atoms with Gasteiger partial charge in [-0.1, -0.05) is 12.1 Å². The summed E-state index contributed by atoms with van der Waals surface area (Å²) in [5.41, 5.74) is 0.243. The molecular formula is C15H21F4NO. The van der Waals surface area contributed by atoms with Gasteiger partial charge in [0.25, 0.3) is 0 Å². The predicted octanol–water partition coefficient (Wildman–Crippen LogP) is 4.22. The molecule has 0 amide bonds. The van der Waals surface area contributed by atoms with Crippen LogP contribution in [-0.2, 0) is 4.74 Å². The molecule has 0 saturated carbocycles. The Kier molecular flexibility index (Phi) is 5.75. The summed E-state index contributed by atoms with van der Waals surface area (Å²) in [5, 5.41) is 3.11. The van der Waals surface area contributed by atoms with Gasteiger partial charge in [0.2, 0.25) is 0 Å². The molecule has 2 atom stereocenters. The molecule has 0 radical (unpaired) electrons. The number of benzene rings is 1. The van der Waals surface area contributed by atoms with Crippen molar-refractivity contribution in [3.8, 4) is 0 Å². The smallest absolute Gasteiger partial charge is 0.360 e. The van der Waals surface area contributed by atoms with Crippen LogP contribution in [0, 0.1) is 5.82 Å². The molecule has 6 heteroatoms. The summed E-state index contributed by atoms with van der Waals surface area (Å²) in [4.78, 5) is 0. The third kappa shape index (κ3) is 6.44. The van der Waals surface area contributed by atoms with E-state index in [2.05, 4.69) is 5.32 Å². The fraction of sp³-hybridized carbons (Fsp3) is 0.600. The van der Waals surface area contributed by atoms with E-state index in [9.17, 15) is 17.6 Å². The van der Waals surface area contributed by atoms with Crippen LogP contribution in [0.3, 0.4) is 0 Å². The van der Waals surface area contributed by atoms with Crippen LogP contribution in [0.4, 0.5) is 17.6 Å². The van der Waals surface area contributed by atoms with Crippen LogP contribution >= 0.6 is 0 Å². The average molecular weight is 307 g/mol. The van der Waals surface area contributed by atoms with E-state index < -0.39 is 24.2 Å². The second kappa shape index (κ2) is 6.75. The highest BCUT2D eigenvalue weighted by Gasteiger charge is 2.38. The maximum absolute atomic E-state index is 12.9. The maximum Gasteiger partial charge on any atom is 0.414 e. The largest absolute Gasteiger partial charge is 0.414 e. The van der Waals surface area contributed by atoms with Crippen LogP contribution in [0.15, 0.2) is 24.3 Å². The minimum absolute atomic E-state index is 0.204. The molecule has 120 valence electrons. The number of hydrogen-bond acceptors (Lipinski definition) is 2. The van der Waals surface area contributed by atoms with Gasteiger partial charge in [-0.05, 0) is 45.4 Å². The maximum atomic E-state index is 12.9. The highest BCUT2D eigenvalue weighted by Crippen LogP contribution is 2.28.